The van der Waals surface area contributed by atoms with Gasteiger partial charge >= 0.3 is 0 Å². The number of anilines is 1. The molecule has 1 aromatic carbocycles. The summed E-state index contributed by atoms with van der Waals surface area (Å²) in [6.07, 6.45) is 3.14. The highest BCUT2D eigenvalue weighted by molar-refractivity contribution is 6.09. The van der Waals surface area contributed by atoms with E-state index in [0.29, 0.717) is 23.7 Å². The van der Waals surface area contributed by atoms with Crippen molar-refractivity contribution in [2.45, 2.75) is 20.0 Å². The van der Waals surface area contributed by atoms with Gasteiger partial charge in [0, 0.05) is 18.8 Å². The van der Waals surface area contributed by atoms with Gasteiger partial charge in [0.1, 0.15) is 5.75 Å². The van der Waals surface area contributed by atoms with E-state index in [2.05, 4.69) is 23.9 Å². The second-order valence-electron chi connectivity index (χ2n) is 5.47. The Morgan fingerprint density at radius 1 is 1.26 bits per heavy atom. The van der Waals surface area contributed by atoms with Crippen LogP contribution in [-0.2, 0) is 0 Å². The average molecular weight is 315 g/mol. The van der Waals surface area contributed by atoms with Gasteiger partial charge in [-0.2, -0.15) is 0 Å². The van der Waals surface area contributed by atoms with Crippen molar-refractivity contribution < 1.29 is 15.2 Å². The summed E-state index contributed by atoms with van der Waals surface area (Å²) >= 11 is 0. The molecular formula is C17H21N3O3. The van der Waals surface area contributed by atoms with Gasteiger partial charge < -0.3 is 14.8 Å². The van der Waals surface area contributed by atoms with E-state index in [4.69, 9.17) is 4.74 Å². The first-order valence-corrected chi connectivity index (χ1v) is 7.80. The summed E-state index contributed by atoms with van der Waals surface area (Å²) in [5.41, 5.74) is 2.84. The van der Waals surface area contributed by atoms with E-state index in [1.807, 2.05) is 30.3 Å². The standard InChI is InChI=1S/C17H21N3O3/c1-3-19(4-2)13-5-7-14(8-6-13)23-17-12-9-10-20(22)15(11-12)16(17)18-21/h5-9,11,17,21-22H,3-4,10H2,1-2H3. The molecule has 6 nitrogen and oxygen atoms in total. The fraction of sp³-hybridized carbons (Fsp3) is 0.353. The number of oxime groups is 1. The molecule has 0 aromatic heterocycles. The van der Waals surface area contributed by atoms with Crippen molar-refractivity contribution in [2.24, 2.45) is 5.16 Å². The number of hydrogen-bond donors (Lipinski definition) is 2. The number of ether oxygens (including phenoxy) is 1. The predicted octanol–water partition coefficient (Wildman–Crippen LogP) is 2.64. The number of fused-ring (bicyclic) bond motifs is 1. The Kier molecular flexibility index (Phi) is 4.25. The second kappa shape index (κ2) is 6.34. The molecule has 1 aromatic rings. The topological polar surface area (TPSA) is 68.5 Å². The van der Waals surface area contributed by atoms with Crippen molar-refractivity contribution in [1.82, 2.24) is 5.06 Å². The maximum absolute atomic E-state index is 9.80. The Balaban J connectivity index is 1.78. The third-order valence-electron chi connectivity index (χ3n) is 4.22. The fourth-order valence-corrected chi connectivity index (χ4v) is 2.95. The fourth-order valence-electron chi connectivity index (χ4n) is 2.95. The van der Waals surface area contributed by atoms with Gasteiger partial charge in [-0.1, -0.05) is 11.2 Å². The van der Waals surface area contributed by atoms with Crippen LogP contribution in [0.5, 0.6) is 5.75 Å². The predicted molar refractivity (Wildman–Crippen MR) is 88.3 cm³/mol. The van der Waals surface area contributed by atoms with Gasteiger partial charge in [-0.25, -0.2) is 0 Å². The quantitative estimate of drug-likeness (QED) is 0.646. The molecule has 1 aliphatic heterocycles. The third kappa shape index (κ3) is 2.77. The van der Waals surface area contributed by atoms with Crippen LogP contribution in [0.1, 0.15) is 13.8 Å². The Hall–Kier alpha value is -2.47. The van der Waals surface area contributed by atoms with Gasteiger partial charge in [0.2, 0.25) is 0 Å². The highest BCUT2D eigenvalue weighted by atomic mass is 16.5. The first-order chi connectivity index (χ1) is 11.2. The van der Waals surface area contributed by atoms with Crippen molar-refractivity contribution in [3.63, 3.8) is 0 Å². The molecule has 1 aliphatic carbocycles. The second-order valence-corrected chi connectivity index (χ2v) is 5.47. The first kappa shape index (κ1) is 15.4. The molecule has 6 heteroatoms. The monoisotopic (exact) mass is 315 g/mol. The van der Waals surface area contributed by atoms with Crippen LogP contribution in [0.15, 0.2) is 52.8 Å². The largest absolute Gasteiger partial charge is 0.479 e. The van der Waals surface area contributed by atoms with E-state index in [9.17, 15) is 10.4 Å². The van der Waals surface area contributed by atoms with Crippen LogP contribution in [0.3, 0.4) is 0 Å². The Bertz CT molecular complexity index is 660. The minimum atomic E-state index is -0.494. The molecule has 2 aliphatic rings. The van der Waals surface area contributed by atoms with Crippen LogP contribution in [-0.4, -0.2) is 46.9 Å². The zero-order valence-electron chi connectivity index (χ0n) is 13.3. The average Bonchev–Trinajstić information content (AvgIpc) is 2.87. The molecule has 0 spiro atoms. The van der Waals surface area contributed by atoms with Gasteiger partial charge in [0.25, 0.3) is 0 Å². The number of nitrogens with zero attached hydrogens (tertiary/aromatic N) is 3. The zero-order valence-corrected chi connectivity index (χ0v) is 13.3. The van der Waals surface area contributed by atoms with Crippen molar-refractivity contribution in [2.75, 3.05) is 24.5 Å². The summed E-state index contributed by atoms with van der Waals surface area (Å²) in [4.78, 5) is 2.25. The van der Waals surface area contributed by atoms with Crippen LogP contribution in [0.2, 0.25) is 0 Å². The molecule has 1 unspecified atom stereocenters. The number of rotatable bonds is 5. The lowest BCUT2D eigenvalue weighted by atomic mass is 10.1. The minimum Gasteiger partial charge on any atom is -0.479 e. The molecule has 122 valence electrons. The Morgan fingerprint density at radius 3 is 2.57 bits per heavy atom. The summed E-state index contributed by atoms with van der Waals surface area (Å²) in [5, 5.41) is 23.4. The first-order valence-electron chi connectivity index (χ1n) is 7.80. The molecule has 3 rings (SSSR count). The van der Waals surface area contributed by atoms with Gasteiger partial charge in [-0.3, -0.25) is 10.3 Å². The summed E-state index contributed by atoms with van der Waals surface area (Å²) in [5.74, 6) is 0.694. The summed E-state index contributed by atoms with van der Waals surface area (Å²) in [6, 6.07) is 7.85. The molecule has 0 saturated heterocycles. The van der Waals surface area contributed by atoms with Crippen LogP contribution < -0.4 is 9.64 Å². The summed E-state index contributed by atoms with van der Waals surface area (Å²) in [7, 11) is 0. The zero-order chi connectivity index (χ0) is 16.4. The van der Waals surface area contributed by atoms with Crippen molar-refractivity contribution in [3.8, 4) is 5.75 Å². The molecular weight excluding hydrogens is 294 g/mol. The number of hydroxylamine groups is 2. The van der Waals surface area contributed by atoms with E-state index in [1.165, 1.54) is 0 Å². The van der Waals surface area contributed by atoms with Crippen molar-refractivity contribution in [1.29, 1.82) is 0 Å². The molecule has 23 heavy (non-hydrogen) atoms. The van der Waals surface area contributed by atoms with Crippen LogP contribution in [0, 0.1) is 0 Å². The minimum absolute atomic E-state index is 0.323. The molecule has 2 N–H and O–H groups in total. The van der Waals surface area contributed by atoms with Gasteiger partial charge in [-0.05, 0) is 49.8 Å². The smallest absolute Gasteiger partial charge is 0.171 e. The molecule has 0 amide bonds. The van der Waals surface area contributed by atoms with Crippen LogP contribution in [0.25, 0.3) is 0 Å². The highest BCUT2D eigenvalue weighted by Gasteiger charge is 2.37. The van der Waals surface area contributed by atoms with Crippen LogP contribution in [0.4, 0.5) is 5.69 Å². The van der Waals surface area contributed by atoms with Gasteiger partial charge in [0.15, 0.2) is 11.8 Å². The maximum Gasteiger partial charge on any atom is 0.171 e. The van der Waals surface area contributed by atoms with Gasteiger partial charge in [-0.15, -0.1) is 0 Å². The van der Waals surface area contributed by atoms with E-state index in [1.54, 1.807) is 6.08 Å². The van der Waals surface area contributed by atoms with Gasteiger partial charge in [0.05, 0.1) is 12.2 Å². The van der Waals surface area contributed by atoms with E-state index in [0.717, 1.165) is 29.4 Å². The SMILES string of the molecule is CCN(CC)c1ccc(OC2C3=CCN(O)C(=C3)C2=NO)cc1. The normalized spacial score (nSPS) is 21.3. The van der Waals surface area contributed by atoms with Crippen molar-refractivity contribution in [3.05, 3.63) is 47.7 Å². The van der Waals surface area contributed by atoms with E-state index in [-0.39, 0.29) is 0 Å². The number of hydrogen-bond acceptors (Lipinski definition) is 6. The molecule has 1 atom stereocenters. The lowest BCUT2D eigenvalue weighted by molar-refractivity contribution is -0.0380. The number of benzene rings is 1. The summed E-state index contributed by atoms with van der Waals surface area (Å²) < 4.78 is 5.98. The van der Waals surface area contributed by atoms with Crippen molar-refractivity contribution >= 4 is 11.4 Å². The maximum atomic E-state index is 9.80. The molecule has 1 heterocycles. The molecule has 2 bridgehead atoms. The Morgan fingerprint density at radius 2 is 1.96 bits per heavy atom. The lowest BCUT2D eigenvalue weighted by Gasteiger charge is -2.22. The van der Waals surface area contributed by atoms with E-state index < -0.39 is 6.10 Å². The highest BCUT2D eigenvalue weighted by Crippen LogP contribution is 2.31. The molecule has 0 fully saturated rings. The van der Waals surface area contributed by atoms with Crippen LogP contribution >= 0.6 is 0 Å². The summed E-state index contributed by atoms with van der Waals surface area (Å²) in [6.45, 7) is 6.51. The Labute approximate surface area is 135 Å². The van der Waals surface area contributed by atoms with E-state index >= 15 is 0 Å². The lowest BCUT2D eigenvalue weighted by Crippen LogP contribution is -2.28. The molecule has 0 radical (unpaired) electrons. The third-order valence-corrected chi connectivity index (χ3v) is 4.22. The molecule has 0 saturated carbocycles.